The van der Waals surface area contributed by atoms with Crippen molar-refractivity contribution in [3.63, 3.8) is 0 Å². The number of quaternary nitrogens is 1. The predicted octanol–water partition coefficient (Wildman–Crippen LogP) is 0.164. The number of hydrogen-bond donors (Lipinski definition) is 3. The summed E-state index contributed by atoms with van der Waals surface area (Å²) in [5.74, 6) is -0.563. The summed E-state index contributed by atoms with van der Waals surface area (Å²) >= 11 is 0. The molecule has 0 radical (unpaired) electrons. The average Bonchev–Trinajstić information content (AvgIpc) is 2.72. The number of carbonyl (C=O) groups excluding carboxylic acids is 3. The fraction of sp³-hybridized carbons (Fsp3) is 0.286. The summed E-state index contributed by atoms with van der Waals surface area (Å²) in [6.45, 7) is 1.40. The summed E-state index contributed by atoms with van der Waals surface area (Å²) in [5.41, 5.74) is 3.05. The van der Waals surface area contributed by atoms with E-state index < -0.39 is 0 Å². The zero-order chi connectivity index (χ0) is 20.5. The molecule has 0 heterocycles. The maximum Gasteiger partial charge on any atom is 0.337 e. The fourth-order valence-corrected chi connectivity index (χ4v) is 2.74. The van der Waals surface area contributed by atoms with E-state index in [9.17, 15) is 14.4 Å². The van der Waals surface area contributed by atoms with Gasteiger partial charge in [0.15, 0.2) is 6.54 Å². The van der Waals surface area contributed by atoms with Gasteiger partial charge in [0.2, 0.25) is 0 Å². The average molecular weight is 384 g/mol. The molecule has 1 unspecified atom stereocenters. The molecule has 0 aliphatic carbocycles. The van der Waals surface area contributed by atoms with Crippen LogP contribution in [-0.2, 0) is 22.6 Å². The number of esters is 1. The third-order valence-electron chi connectivity index (χ3n) is 4.28. The molecular formula is C21H26N3O4+. The van der Waals surface area contributed by atoms with E-state index in [-0.39, 0.29) is 17.8 Å². The van der Waals surface area contributed by atoms with E-state index >= 15 is 0 Å². The van der Waals surface area contributed by atoms with Crippen LogP contribution in [-0.4, -0.2) is 45.5 Å². The molecule has 0 saturated heterocycles. The SMILES string of the molecule is CNC(=O)c1ccc(C[NH+](C)CC(=O)NCc2ccc(C(=O)OC)cc2)cc1. The third-order valence-corrected chi connectivity index (χ3v) is 4.28. The van der Waals surface area contributed by atoms with Crippen LogP contribution < -0.4 is 15.5 Å². The van der Waals surface area contributed by atoms with Crippen LogP contribution in [0, 0.1) is 0 Å². The molecule has 0 spiro atoms. The van der Waals surface area contributed by atoms with Gasteiger partial charge in [-0.05, 0) is 29.8 Å². The summed E-state index contributed by atoms with van der Waals surface area (Å²) in [4.78, 5) is 36.2. The Morgan fingerprint density at radius 1 is 0.929 bits per heavy atom. The van der Waals surface area contributed by atoms with Gasteiger partial charge in [-0.3, -0.25) is 9.59 Å². The molecule has 2 aromatic carbocycles. The molecule has 1 atom stereocenters. The smallest absolute Gasteiger partial charge is 0.337 e. The summed E-state index contributed by atoms with van der Waals surface area (Å²) in [6, 6.07) is 14.3. The van der Waals surface area contributed by atoms with E-state index in [1.165, 1.54) is 7.11 Å². The van der Waals surface area contributed by atoms with E-state index in [4.69, 9.17) is 0 Å². The molecule has 0 aliphatic heterocycles. The highest BCUT2D eigenvalue weighted by Crippen LogP contribution is 2.05. The summed E-state index contributed by atoms with van der Waals surface area (Å²) in [7, 11) is 4.88. The first kappa shape index (κ1) is 21.1. The van der Waals surface area contributed by atoms with Crippen molar-refractivity contribution in [2.24, 2.45) is 0 Å². The number of carbonyl (C=O) groups is 3. The zero-order valence-electron chi connectivity index (χ0n) is 16.4. The largest absolute Gasteiger partial charge is 0.465 e. The van der Waals surface area contributed by atoms with Crippen LogP contribution in [0.15, 0.2) is 48.5 Å². The van der Waals surface area contributed by atoms with Crippen molar-refractivity contribution < 1.29 is 24.0 Å². The first-order valence-electron chi connectivity index (χ1n) is 8.99. The quantitative estimate of drug-likeness (QED) is 0.566. The number of benzene rings is 2. The minimum Gasteiger partial charge on any atom is -0.465 e. The van der Waals surface area contributed by atoms with Gasteiger partial charge in [-0.1, -0.05) is 24.3 Å². The molecule has 2 amide bonds. The molecule has 2 aromatic rings. The molecule has 0 fully saturated rings. The van der Waals surface area contributed by atoms with Crippen molar-refractivity contribution in [3.8, 4) is 0 Å². The Hall–Kier alpha value is -3.19. The lowest BCUT2D eigenvalue weighted by atomic mass is 10.1. The lowest BCUT2D eigenvalue weighted by Gasteiger charge is -2.14. The number of hydrogen-bond acceptors (Lipinski definition) is 4. The Balaban J connectivity index is 1.79. The molecule has 2 rings (SSSR count). The van der Waals surface area contributed by atoms with Crippen LogP contribution in [0.25, 0.3) is 0 Å². The van der Waals surface area contributed by atoms with Crippen molar-refractivity contribution in [2.75, 3.05) is 27.7 Å². The van der Waals surface area contributed by atoms with Crippen molar-refractivity contribution in [1.82, 2.24) is 10.6 Å². The molecule has 0 saturated carbocycles. The van der Waals surface area contributed by atoms with Gasteiger partial charge < -0.3 is 20.3 Å². The molecule has 0 bridgehead atoms. The highest BCUT2D eigenvalue weighted by molar-refractivity contribution is 5.93. The Bertz CT molecular complexity index is 817. The third kappa shape index (κ3) is 6.21. The van der Waals surface area contributed by atoms with Crippen molar-refractivity contribution in [1.29, 1.82) is 0 Å². The van der Waals surface area contributed by atoms with Crippen molar-refractivity contribution in [2.45, 2.75) is 13.1 Å². The first-order chi connectivity index (χ1) is 13.4. The van der Waals surface area contributed by atoms with Crippen molar-refractivity contribution >= 4 is 17.8 Å². The first-order valence-corrected chi connectivity index (χ1v) is 8.99. The standard InChI is InChI=1S/C21H25N3O4/c1-22-20(26)17-8-6-16(7-9-17)13-24(2)14-19(25)23-12-15-4-10-18(11-5-15)21(27)28-3/h4-11H,12-14H2,1-3H3,(H,22,26)(H,23,25)/p+1. The second kappa shape index (κ2) is 10.2. The van der Waals surface area contributed by atoms with Gasteiger partial charge in [0.25, 0.3) is 11.8 Å². The second-order valence-corrected chi connectivity index (χ2v) is 6.55. The van der Waals surface area contributed by atoms with E-state index in [0.29, 0.717) is 30.8 Å². The fourth-order valence-electron chi connectivity index (χ4n) is 2.74. The van der Waals surface area contributed by atoms with E-state index in [1.807, 2.05) is 19.2 Å². The predicted molar refractivity (Wildman–Crippen MR) is 105 cm³/mol. The molecule has 3 N–H and O–H groups in total. The number of rotatable bonds is 8. The lowest BCUT2D eigenvalue weighted by molar-refractivity contribution is -0.885. The van der Waals surface area contributed by atoms with Gasteiger partial charge in [-0.25, -0.2) is 4.79 Å². The minimum atomic E-state index is -0.385. The van der Waals surface area contributed by atoms with Crippen LogP contribution in [0.4, 0.5) is 0 Å². The molecule has 7 nitrogen and oxygen atoms in total. The number of likely N-dealkylation sites (N-methyl/N-ethyl adjacent to an activating group) is 1. The van der Waals surface area contributed by atoms with E-state index in [0.717, 1.165) is 16.0 Å². The van der Waals surface area contributed by atoms with Crippen LogP contribution in [0.5, 0.6) is 0 Å². The maximum atomic E-state index is 12.2. The molecule has 28 heavy (non-hydrogen) atoms. The summed E-state index contributed by atoms with van der Waals surface area (Å²) in [6.07, 6.45) is 0. The van der Waals surface area contributed by atoms with Crippen molar-refractivity contribution in [3.05, 3.63) is 70.8 Å². The zero-order valence-corrected chi connectivity index (χ0v) is 16.4. The summed E-state index contributed by atoms with van der Waals surface area (Å²) < 4.78 is 4.66. The van der Waals surface area contributed by atoms with Gasteiger partial charge >= 0.3 is 5.97 Å². The molecule has 0 aliphatic rings. The lowest BCUT2D eigenvalue weighted by Crippen LogP contribution is -3.08. The Morgan fingerprint density at radius 3 is 2.07 bits per heavy atom. The van der Waals surface area contributed by atoms with Crippen LogP contribution in [0.2, 0.25) is 0 Å². The van der Waals surface area contributed by atoms with Gasteiger partial charge in [-0.15, -0.1) is 0 Å². The summed E-state index contributed by atoms with van der Waals surface area (Å²) in [5, 5.41) is 5.47. The highest BCUT2D eigenvalue weighted by Gasteiger charge is 2.11. The normalized spacial score (nSPS) is 11.4. The number of methoxy groups -OCH3 is 1. The monoisotopic (exact) mass is 384 g/mol. The number of nitrogens with one attached hydrogen (secondary N) is 3. The van der Waals surface area contributed by atoms with Gasteiger partial charge in [0, 0.05) is 24.7 Å². The Morgan fingerprint density at radius 2 is 1.50 bits per heavy atom. The van der Waals surface area contributed by atoms with E-state index in [2.05, 4.69) is 15.4 Å². The van der Waals surface area contributed by atoms with Crippen LogP contribution >= 0.6 is 0 Å². The Kier molecular flexibility index (Phi) is 7.71. The van der Waals surface area contributed by atoms with Crippen LogP contribution in [0.1, 0.15) is 31.8 Å². The Labute approximate surface area is 164 Å². The second-order valence-electron chi connectivity index (χ2n) is 6.55. The molecule has 7 heteroatoms. The van der Waals surface area contributed by atoms with Crippen LogP contribution in [0.3, 0.4) is 0 Å². The number of ether oxygens (including phenoxy) is 1. The van der Waals surface area contributed by atoms with Gasteiger partial charge in [0.05, 0.1) is 19.7 Å². The highest BCUT2D eigenvalue weighted by atomic mass is 16.5. The number of amides is 2. The molecule has 0 aromatic heterocycles. The van der Waals surface area contributed by atoms with Gasteiger partial charge in [-0.2, -0.15) is 0 Å². The molecule has 148 valence electrons. The van der Waals surface area contributed by atoms with E-state index in [1.54, 1.807) is 43.4 Å². The topological polar surface area (TPSA) is 88.9 Å². The van der Waals surface area contributed by atoms with Gasteiger partial charge in [0.1, 0.15) is 6.54 Å². The minimum absolute atomic E-state index is 0.0588. The maximum absolute atomic E-state index is 12.2. The molecular weight excluding hydrogens is 358 g/mol.